The minimum absolute atomic E-state index is 0.202. The molecule has 0 saturated carbocycles. The minimum atomic E-state index is -0.761. The topological polar surface area (TPSA) is 46.6 Å². The van der Waals surface area contributed by atoms with Crippen molar-refractivity contribution in [2.45, 2.75) is 19.1 Å². The third-order valence-corrected chi connectivity index (χ3v) is 4.78. The average molecular weight is 336 g/mol. The Bertz CT molecular complexity index is 728. The van der Waals surface area contributed by atoms with Gasteiger partial charge in [-0.3, -0.25) is 4.79 Å². The Morgan fingerprint density at radius 1 is 1.36 bits per heavy atom. The van der Waals surface area contributed by atoms with Gasteiger partial charge in [0.1, 0.15) is 0 Å². The zero-order valence-corrected chi connectivity index (χ0v) is 13.5. The molecule has 1 atom stereocenters. The highest BCUT2D eigenvalue weighted by atomic mass is 35.5. The Balaban J connectivity index is 1.72. The molecule has 1 aromatic carbocycles. The number of nitrogens with zero attached hydrogens (tertiary/aromatic N) is 1. The van der Waals surface area contributed by atoms with E-state index in [2.05, 4.69) is 0 Å². The quantitative estimate of drug-likeness (QED) is 0.809. The summed E-state index contributed by atoms with van der Waals surface area (Å²) in [5, 5.41) is 0. The lowest BCUT2D eigenvalue weighted by Crippen LogP contribution is -2.42. The average Bonchev–Trinajstić information content (AvgIpc) is 2.91. The van der Waals surface area contributed by atoms with E-state index in [-0.39, 0.29) is 5.91 Å². The van der Waals surface area contributed by atoms with Crippen molar-refractivity contribution in [1.29, 1.82) is 0 Å². The Hall–Kier alpha value is -1.85. The van der Waals surface area contributed by atoms with Crippen molar-refractivity contribution in [1.82, 2.24) is 4.90 Å². The molecule has 0 aliphatic carbocycles. The first-order chi connectivity index (χ1) is 10.5. The Morgan fingerprint density at radius 2 is 2.14 bits per heavy atom. The summed E-state index contributed by atoms with van der Waals surface area (Å²) in [6.07, 6.45) is -0.348. The third kappa shape index (κ3) is 3.00. The van der Waals surface area contributed by atoms with Crippen LogP contribution in [-0.2, 0) is 22.5 Å². The molecule has 2 heterocycles. The van der Waals surface area contributed by atoms with E-state index in [1.807, 2.05) is 18.2 Å². The van der Waals surface area contributed by atoms with Gasteiger partial charge in [-0.05, 0) is 23.8 Å². The Labute approximate surface area is 137 Å². The van der Waals surface area contributed by atoms with Gasteiger partial charge in [-0.15, -0.1) is 11.3 Å². The van der Waals surface area contributed by atoms with Crippen molar-refractivity contribution in [2.75, 3.05) is 7.05 Å². The van der Waals surface area contributed by atoms with E-state index < -0.39 is 12.1 Å². The first-order valence-electron chi connectivity index (χ1n) is 6.82. The van der Waals surface area contributed by atoms with Crippen LogP contribution in [0, 0.1) is 0 Å². The van der Waals surface area contributed by atoms with E-state index in [4.69, 9.17) is 16.3 Å². The van der Waals surface area contributed by atoms with Crippen LogP contribution in [-0.4, -0.2) is 29.9 Å². The van der Waals surface area contributed by atoms with Crippen molar-refractivity contribution in [3.63, 3.8) is 0 Å². The summed E-state index contributed by atoms with van der Waals surface area (Å²) in [4.78, 5) is 27.0. The van der Waals surface area contributed by atoms with E-state index in [9.17, 15) is 9.59 Å². The molecule has 0 saturated heterocycles. The second-order valence-electron chi connectivity index (χ2n) is 5.16. The van der Waals surface area contributed by atoms with Crippen LogP contribution < -0.4 is 0 Å². The van der Waals surface area contributed by atoms with Crippen LogP contribution in [0.25, 0.3) is 0 Å². The number of rotatable bonds is 3. The summed E-state index contributed by atoms with van der Waals surface area (Å²) in [5.74, 6) is -0.639. The van der Waals surface area contributed by atoms with Gasteiger partial charge in [0.05, 0.1) is 16.4 Å². The molecule has 0 N–H and O–H groups in total. The number of fused-ring (bicyclic) bond motifs is 1. The van der Waals surface area contributed by atoms with Crippen LogP contribution in [0.15, 0.2) is 36.4 Å². The van der Waals surface area contributed by atoms with Crippen LogP contribution in [0.1, 0.15) is 20.8 Å². The lowest BCUT2D eigenvalue weighted by atomic mass is 9.98. The van der Waals surface area contributed by atoms with Crippen molar-refractivity contribution in [3.05, 3.63) is 56.7 Å². The number of amides is 1. The van der Waals surface area contributed by atoms with Gasteiger partial charge >= 0.3 is 5.97 Å². The van der Waals surface area contributed by atoms with Gasteiger partial charge in [-0.2, -0.15) is 0 Å². The van der Waals surface area contributed by atoms with E-state index in [1.165, 1.54) is 11.3 Å². The number of esters is 1. The number of cyclic esters (lactones) is 1. The van der Waals surface area contributed by atoms with Crippen molar-refractivity contribution in [3.8, 4) is 0 Å². The van der Waals surface area contributed by atoms with Crippen LogP contribution in [0.3, 0.4) is 0 Å². The highest BCUT2D eigenvalue weighted by molar-refractivity contribution is 7.16. The maximum Gasteiger partial charge on any atom is 0.339 e. The zero-order valence-electron chi connectivity index (χ0n) is 11.9. The van der Waals surface area contributed by atoms with Crippen LogP contribution >= 0.6 is 22.9 Å². The fraction of sp³-hybridized carbons (Fsp3) is 0.250. The van der Waals surface area contributed by atoms with Gasteiger partial charge in [0.15, 0.2) is 6.10 Å². The number of carbonyl (C=O) groups excluding carboxylic acids is 2. The first kappa shape index (κ1) is 15.1. The molecule has 0 fully saturated rings. The molecule has 0 unspecified atom stereocenters. The van der Waals surface area contributed by atoms with Gasteiger partial charge in [0.25, 0.3) is 5.91 Å². The number of carbonyl (C=O) groups is 2. The molecule has 114 valence electrons. The van der Waals surface area contributed by atoms with Gasteiger partial charge < -0.3 is 9.64 Å². The highest BCUT2D eigenvalue weighted by Gasteiger charge is 2.32. The summed E-state index contributed by atoms with van der Waals surface area (Å²) in [6.45, 7) is 0.450. The number of halogens is 1. The molecule has 2 aromatic rings. The summed E-state index contributed by atoms with van der Waals surface area (Å²) >= 11 is 7.33. The number of hydrogen-bond acceptors (Lipinski definition) is 4. The normalized spacial score (nSPS) is 16.8. The molecule has 0 bridgehead atoms. The molecule has 3 rings (SSSR count). The van der Waals surface area contributed by atoms with Gasteiger partial charge in [0.2, 0.25) is 0 Å². The Morgan fingerprint density at radius 3 is 2.86 bits per heavy atom. The highest BCUT2D eigenvalue weighted by Crippen LogP contribution is 2.24. The molecule has 1 amide bonds. The number of ether oxygens (including phenoxy) is 1. The molecule has 1 aliphatic rings. The summed E-state index contributed by atoms with van der Waals surface area (Å²) in [7, 11) is 1.70. The molecular formula is C16H14ClNO3S. The molecule has 0 spiro atoms. The van der Waals surface area contributed by atoms with E-state index in [0.717, 1.165) is 10.4 Å². The zero-order chi connectivity index (χ0) is 15.7. The minimum Gasteiger partial charge on any atom is -0.448 e. The van der Waals surface area contributed by atoms with Crippen molar-refractivity contribution >= 4 is 34.8 Å². The third-order valence-electron chi connectivity index (χ3n) is 3.57. The smallest absolute Gasteiger partial charge is 0.339 e. The largest absolute Gasteiger partial charge is 0.448 e. The predicted molar refractivity (Wildman–Crippen MR) is 85.2 cm³/mol. The molecule has 6 heteroatoms. The van der Waals surface area contributed by atoms with E-state index in [0.29, 0.717) is 22.9 Å². The fourth-order valence-corrected chi connectivity index (χ4v) is 3.60. The molecule has 1 aliphatic heterocycles. The molecule has 1 aromatic heterocycles. The summed E-state index contributed by atoms with van der Waals surface area (Å²) in [6, 6.07) is 10.9. The number of thiophene rings is 1. The van der Waals surface area contributed by atoms with Crippen molar-refractivity contribution in [2.24, 2.45) is 0 Å². The molecule has 4 nitrogen and oxygen atoms in total. The van der Waals surface area contributed by atoms with Gasteiger partial charge in [-0.1, -0.05) is 29.8 Å². The summed E-state index contributed by atoms with van der Waals surface area (Å²) in [5.41, 5.74) is 1.39. The number of likely N-dealkylation sites (N-methyl/N-ethyl adjacent to an activating group) is 1. The maximum atomic E-state index is 12.5. The number of hydrogen-bond donors (Lipinski definition) is 0. The molecule has 0 radical (unpaired) electrons. The lowest BCUT2D eigenvalue weighted by Gasteiger charge is -2.27. The Kier molecular flexibility index (Phi) is 4.18. The fourth-order valence-electron chi connectivity index (χ4n) is 2.46. The summed E-state index contributed by atoms with van der Waals surface area (Å²) < 4.78 is 5.97. The van der Waals surface area contributed by atoms with Crippen LogP contribution in [0.5, 0.6) is 0 Å². The predicted octanol–water partition coefficient (Wildman–Crippen LogP) is 3.14. The SMILES string of the molecule is CN(Cc1ccc(Cl)s1)C(=O)[C@@H]1Cc2ccccc2C(=O)O1. The monoisotopic (exact) mass is 335 g/mol. The lowest BCUT2D eigenvalue weighted by molar-refractivity contribution is -0.140. The van der Waals surface area contributed by atoms with Crippen molar-refractivity contribution < 1.29 is 14.3 Å². The van der Waals surface area contributed by atoms with Crippen LogP contribution in [0.4, 0.5) is 0 Å². The first-order valence-corrected chi connectivity index (χ1v) is 8.02. The maximum absolute atomic E-state index is 12.5. The van der Waals surface area contributed by atoms with Gasteiger partial charge in [-0.25, -0.2) is 4.79 Å². The van der Waals surface area contributed by atoms with Gasteiger partial charge in [0, 0.05) is 18.3 Å². The standard InChI is InChI=1S/C16H14ClNO3S/c1-18(9-11-6-7-14(17)22-11)15(19)13-8-10-4-2-3-5-12(10)16(20)21-13/h2-7,13H,8-9H2,1H3/t13-/m0/s1. The number of benzene rings is 1. The van der Waals surface area contributed by atoms with Crippen LogP contribution in [0.2, 0.25) is 4.34 Å². The second kappa shape index (κ2) is 6.10. The second-order valence-corrected chi connectivity index (χ2v) is 6.95. The van der Waals surface area contributed by atoms with E-state index in [1.54, 1.807) is 30.1 Å². The molecular weight excluding hydrogens is 322 g/mol. The molecule has 22 heavy (non-hydrogen) atoms. The van der Waals surface area contributed by atoms with E-state index >= 15 is 0 Å².